The molecule has 0 unspecified atom stereocenters. The highest BCUT2D eigenvalue weighted by atomic mass is 79.9. The van der Waals surface area contributed by atoms with Gasteiger partial charge < -0.3 is 10.2 Å². The number of hydrogen-bond donors (Lipinski definition) is 2. The molecule has 1 aromatic heterocycles. The Bertz CT molecular complexity index is 958. The summed E-state index contributed by atoms with van der Waals surface area (Å²) in [5, 5.41) is 32.8. The fourth-order valence-electron chi connectivity index (χ4n) is 2.08. The summed E-state index contributed by atoms with van der Waals surface area (Å²) in [5.74, 6) is 1.27. The van der Waals surface area contributed by atoms with Crippen LogP contribution in [-0.2, 0) is 5.75 Å². The average Bonchev–Trinajstić information content (AvgIpc) is 2.96. The van der Waals surface area contributed by atoms with Crippen molar-refractivity contribution < 1.29 is 10.2 Å². The Kier molecular flexibility index (Phi) is 6.00. The van der Waals surface area contributed by atoms with Gasteiger partial charge >= 0.3 is 0 Å². The molecule has 1 heterocycles. The van der Waals surface area contributed by atoms with Gasteiger partial charge in [0.05, 0.1) is 10.7 Å². The predicted molar refractivity (Wildman–Crippen MR) is 109 cm³/mol. The third-order valence-electron chi connectivity index (χ3n) is 3.46. The van der Waals surface area contributed by atoms with Crippen LogP contribution in [0.15, 0.2) is 55.6 Å². The standard InChI is InChI=1S/C17H14Br2N4O2S/c1-10-21-22-17(26-9-11-2-4-13(18)5-3-11)23(10)20-8-12-6-14(19)16(25)7-15(12)24/h2-8,24-25H,9H2,1H3/b20-8+. The van der Waals surface area contributed by atoms with E-state index >= 15 is 0 Å². The number of aromatic nitrogens is 3. The molecule has 0 aliphatic carbocycles. The molecule has 3 aromatic rings. The number of halogens is 2. The Hall–Kier alpha value is -1.84. The van der Waals surface area contributed by atoms with E-state index in [4.69, 9.17) is 0 Å². The third-order valence-corrected chi connectivity index (χ3v) is 5.61. The number of phenolic OH excluding ortho intramolecular Hbond substituents is 2. The minimum Gasteiger partial charge on any atom is -0.507 e. The molecule has 26 heavy (non-hydrogen) atoms. The molecule has 0 atom stereocenters. The molecule has 0 aliphatic heterocycles. The van der Waals surface area contributed by atoms with E-state index < -0.39 is 0 Å². The Morgan fingerprint density at radius 3 is 2.58 bits per heavy atom. The Morgan fingerprint density at radius 2 is 1.85 bits per heavy atom. The second-order valence-electron chi connectivity index (χ2n) is 5.36. The fraction of sp³-hybridized carbons (Fsp3) is 0.118. The van der Waals surface area contributed by atoms with Crippen LogP contribution in [0.4, 0.5) is 0 Å². The van der Waals surface area contributed by atoms with Gasteiger partial charge in [-0.15, -0.1) is 10.2 Å². The molecule has 0 saturated carbocycles. The number of aromatic hydroxyl groups is 2. The normalized spacial score (nSPS) is 11.3. The lowest BCUT2D eigenvalue weighted by Gasteiger charge is -2.04. The number of hydrogen-bond acceptors (Lipinski definition) is 6. The second-order valence-corrected chi connectivity index (χ2v) is 8.08. The van der Waals surface area contributed by atoms with Crippen LogP contribution in [0, 0.1) is 6.92 Å². The van der Waals surface area contributed by atoms with E-state index in [1.165, 1.54) is 24.0 Å². The van der Waals surface area contributed by atoms with Crippen molar-refractivity contribution in [2.75, 3.05) is 0 Å². The van der Waals surface area contributed by atoms with Crippen LogP contribution < -0.4 is 0 Å². The lowest BCUT2D eigenvalue weighted by Crippen LogP contribution is -1.97. The van der Waals surface area contributed by atoms with Crippen LogP contribution in [0.25, 0.3) is 0 Å². The summed E-state index contributed by atoms with van der Waals surface area (Å²) >= 11 is 8.16. The zero-order valence-electron chi connectivity index (χ0n) is 13.6. The molecule has 2 aromatic carbocycles. The number of rotatable bonds is 5. The predicted octanol–water partition coefficient (Wildman–Crippen LogP) is 4.70. The molecule has 0 saturated heterocycles. The van der Waals surface area contributed by atoms with Crippen molar-refractivity contribution >= 4 is 49.8 Å². The highest BCUT2D eigenvalue weighted by Crippen LogP contribution is 2.30. The van der Waals surface area contributed by atoms with Crippen LogP contribution in [-0.4, -0.2) is 31.3 Å². The van der Waals surface area contributed by atoms with Gasteiger partial charge in [-0.05, 0) is 46.6 Å². The van der Waals surface area contributed by atoms with Crippen molar-refractivity contribution in [3.8, 4) is 11.5 Å². The summed E-state index contributed by atoms with van der Waals surface area (Å²) in [7, 11) is 0. The minimum absolute atomic E-state index is 0.0362. The van der Waals surface area contributed by atoms with Gasteiger partial charge in [0.25, 0.3) is 0 Å². The van der Waals surface area contributed by atoms with Crippen molar-refractivity contribution in [1.82, 2.24) is 14.9 Å². The van der Waals surface area contributed by atoms with E-state index in [-0.39, 0.29) is 11.5 Å². The molecule has 9 heteroatoms. The van der Waals surface area contributed by atoms with Crippen molar-refractivity contribution in [3.05, 3.63) is 62.3 Å². The van der Waals surface area contributed by atoms with Gasteiger partial charge in [0.15, 0.2) is 5.82 Å². The number of aryl methyl sites for hydroxylation is 1. The van der Waals surface area contributed by atoms with Gasteiger partial charge in [-0.3, -0.25) is 0 Å². The summed E-state index contributed by atoms with van der Waals surface area (Å²) in [6.07, 6.45) is 1.50. The summed E-state index contributed by atoms with van der Waals surface area (Å²) in [6.45, 7) is 1.81. The van der Waals surface area contributed by atoms with E-state index in [2.05, 4.69) is 47.2 Å². The first-order chi connectivity index (χ1) is 12.4. The maximum absolute atomic E-state index is 9.94. The van der Waals surface area contributed by atoms with Crippen molar-refractivity contribution in [3.63, 3.8) is 0 Å². The van der Waals surface area contributed by atoms with Crippen molar-refractivity contribution in [1.29, 1.82) is 0 Å². The zero-order valence-corrected chi connectivity index (χ0v) is 17.6. The van der Waals surface area contributed by atoms with E-state index in [0.717, 1.165) is 15.8 Å². The topological polar surface area (TPSA) is 83.5 Å². The fourth-order valence-corrected chi connectivity index (χ4v) is 3.59. The van der Waals surface area contributed by atoms with Crippen LogP contribution >= 0.6 is 43.6 Å². The largest absolute Gasteiger partial charge is 0.507 e. The highest BCUT2D eigenvalue weighted by Gasteiger charge is 2.10. The van der Waals surface area contributed by atoms with Crippen LogP contribution in [0.5, 0.6) is 11.5 Å². The van der Waals surface area contributed by atoms with Gasteiger partial charge in [0, 0.05) is 21.9 Å². The summed E-state index contributed by atoms with van der Waals surface area (Å²) in [6, 6.07) is 10.9. The smallest absolute Gasteiger partial charge is 0.212 e. The Morgan fingerprint density at radius 1 is 1.12 bits per heavy atom. The maximum Gasteiger partial charge on any atom is 0.212 e. The molecule has 0 spiro atoms. The molecule has 0 fully saturated rings. The summed E-state index contributed by atoms with van der Waals surface area (Å²) in [5.41, 5.74) is 1.63. The molecule has 2 N–H and O–H groups in total. The molecular formula is C17H14Br2N4O2S. The van der Waals surface area contributed by atoms with Crippen molar-refractivity contribution in [2.24, 2.45) is 5.10 Å². The number of thioether (sulfide) groups is 1. The van der Waals surface area contributed by atoms with E-state index in [1.54, 1.807) is 17.7 Å². The number of benzene rings is 2. The van der Waals surface area contributed by atoms with Gasteiger partial charge in [0.1, 0.15) is 11.5 Å². The first-order valence-corrected chi connectivity index (χ1v) is 10.1. The van der Waals surface area contributed by atoms with Gasteiger partial charge in [-0.1, -0.05) is 39.8 Å². The number of phenols is 2. The highest BCUT2D eigenvalue weighted by molar-refractivity contribution is 9.10. The van der Waals surface area contributed by atoms with E-state index in [9.17, 15) is 10.2 Å². The minimum atomic E-state index is -0.0655. The molecular weight excluding hydrogens is 484 g/mol. The van der Waals surface area contributed by atoms with Gasteiger partial charge in [0.2, 0.25) is 5.16 Å². The molecule has 134 valence electrons. The van der Waals surface area contributed by atoms with Crippen LogP contribution in [0.1, 0.15) is 17.0 Å². The van der Waals surface area contributed by atoms with E-state index in [0.29, 0.717) is 21.0 Å². The summed E-state index contributed by atoms with van der Waals surface area (Å²) in [4.78, 5) is 0. The molecule has 0 aliphatic rings. The van der Waals surface area contributed by atoms with E-state index in [1.807, 2.05) is 24.3 Å². The van der Waals surface area contributed by atoms with Crippen LogP contribution in [0.2, 0.25) is 0 Å². The quantitative estimate of drug-likeness (QED) is 0.394. The molecule has 3 rings (SSSR count). The average molecular weight is 498 g/mol. The lowest BCUT2D eigenvalue weighted by molar-refractivity contribution is 0.448. The van der Waals surface area contributed by atoms with Gasteiger partial charge in [-0.2, -0.15) is 9.78 Å². The van der Waals surface area contributed by atoms with Crippen molar-refractivity contribution in [2.45, 2.75) is 17.8 Å². The maximum atomic E-state index is 9.94. The molecule has 6 nitrogen and oxygen atoms in total. The third kappa shape index (κ3) is 4.46. The molecule has 0 amide bonds. The number of nitrogens with zero attached hydrogens (tertiary/aromatic N) is 4. The van der Waals surface area contributed by atoms with Crippen LogP contribution in [0.3, 0.4) is 0 Å². The Balaban J connectivity index is 1.79. The first-order valence-electron chi connectivity index (χ1n) is 7.49. The monoisotopic (exact) mass is 496 g/mol. The second kappa shape index (κ2) is 8.24. The summed E-state index contributed by atoms with van der Waals surface area (Å²) < 4.78 is 3.13. The molecule has 0 bridgehead atoms. The lowest BCUT2D eigenvalue weighted by atomic mass is 10.2. The molecule has 0 radical (unpaired) electrons. The van der Waals surface area contributed by atoms with Gasteiger partial charge in [-0.25, -0.2) is 0 Å². The zero-order chi connectivity index (χ0) is 18.7. The first kappa shape index (κ1) is 18.9. The Labute approximate surface area is 171 Å². The SMILES string of the molecule is Cc1nnc(SCc2ccc(Br)cc2)n1/N=C/c1cc(Br)c(O)cc1O.